The van der Waals surface area contributed by atoms with Gasteiger partial charge in [0, 0.05) is 22.1 Å². The van der Waals surface area contributed by atoms with E-state index in [9.17, 15) is 4.79 Å². The third-order valence-corrected chi connectivity index (χ3v) is 4.40. The van der Waals surface area contributed by atoms with E-state index in [0.717, 1.165) is 16.8 Å². The van der Waals surface area contributed by atoms with Crippen LogP contribution < -0.4 is 10.6 Å². The fourth-order valence-corrected chi connectivity index (χ4v) is 2.68. The van der Waals surface area contributed by atoms with Crippen LogP contribution in [0.2, 0.25) is 5.02 Å². The maximum Gasteiger partial charge on any atom is 0.274 e. The average molecular weight is 367 g/mol. The van der Waals surface area contributed by atoms with Gasteiger partial charge in [-0.05, 0) is 56.2 Å². The molecule has 0 saturated heterocycles. The number of rotatable bonds is 4. The first-order valence-electron chi connectivity index (χ1n) is 8.19. The van der Waals surface area contributed by atoms with Gasteiger partial charge in [-0.2, -0.15) is 0 Å². The van der Waals surface area contributed by atoms with Crippen molar-refractivity contribution in [1.82, 2.24) is 9.97 Å². The van der Waals surface area contributed by atoms with E-state index in [-0.39, 0.29) is 11.6 Å². The number of halogens is 1. The molecule has 0 radical (unpaired) electrons. The number of carbonyl (C=O) groups is 1. The van der Waals surface area contributed by atoms with E-state index in [0.29, 0.717) is 22.4 Å². The van der Waals surface area contributed by atoms with Crippen molar-refractivity contribution in [3.05, 3.63) is 76.1 Å². The molecule has 3 aromatic rings. The summed E-state index contributed by atoms with van der Waals surface area (Å²) in [6.45, 7) is 5.67. The minimum atomic E-state index is -0.311. The molecule has 2 N–H and O–H groups in total. The lowest BCUT2D eigenvalue weighted by Crippen LogP contribution is -2.16. The molecule has 6 heteroatoms. The topological polar surface area (TPSA) is 66.9 Å². The van der Waals surface area contributed by atoms with E-state index in [1.165, 1.54) is 0 Å². The van der Waals surface area contributed by atoms with Crippen LogP contribution in [-0.2, 0) is 0 Å². The number of anilines is 3. The fourth-order valence-electron chi connectivity index (χ4n) is 2.50. The Morgan fingerprint density at radius 2 is 1.69 bits per heavy atom. The number of nitrogens with one attached hydrogen (secondary N) is 2. The lowest BCUT2D eigenvalue weighted by atomic mass is 10.2. The zero-order chi connectivity index (χ0) is 18.7. The molecule has 5 nitrogen and oxygen atoms in total. The molecule has 0 unspecified atom stereocenters. The van der Waals surface area contributed by atoms with Crippen molar-refractivity contribution in [2.24, 2.45) is 0 Å². The first-order valence-corrected chi connectivity index (χ1v) is 8.56. The van der Waals surface area contributed by atoms with Crippen LogP contribution in [-0.4, -0.2) is 15.9 Å². The molecule has 0 spiro atoms. The van der Waals surface area contributed by atoms with E-state index in [1.54, 1.807) is 24.3 Å². The standard InChI is InChI=1S/C20H19ClN4O/c1-12-7-4-5-9-16(12)24-20-22-13(2)11-18(25-20)19(26)23-17-10-6-8-15(21)14(17)3/h4-11H,1-3H3,(H,23,26)(H,22,24,25). The van der Waals surface area contributed by atoms with Crippen molar-refractivity contribution >= 4 is 34.8 Å². The number of aryl methyl sites for hydroxylation is 2. The zero-order valence-electron chi connectivity index (χ0n) is 14.8. The maximum atomic E-state index is 12.6. The molecule has 26 heavy (non-hydrogen) atoms. The van der Waals surface area contributed by atoms with Crippen molar-refractivity contribution in [2.45, 2.75) is 20.8 Å². The van der Waals surface area contributed by atoms with E-state index < -0.39 is 0 Å². The van der Waals surface area contributed by atoms with E-state index in [2.05, 4.69) is 20.6 Å². The first kappa shape index (κ1) is 17.9. The summed E-state index contributed by atoms with van der Waals surface area (Å²) in [5.74, 6) is 0.0703. The van der Waals surface area contributed by atoms with Crippen LogP contribution in [0.15, 0.2) is 48.5 Å². The Kier molecular flexibility index (Phi) is 5.19. The number of amides is 1. The van der Waals surface area contributed by atoms with Crippen LogP contribution in [0, 0.1) is 20.8 Å². The quantitative estimate of drug-likeness (QED) is 0.678. The van der Waals surface area contributed by atoms with Gasteiger partial charge in [0.15, 0.2) is 0 Å². The number of para-hydroxylation sites is 1. The van der Waals surface area contributed by atoms with Gasteiger partial charge in [-0.1, -0.05) is 35.9 Å². The number of carbonyl (C=O) groups excluding carboxylic acids is 1. The molecular weight excluding hydrogens is 348 g/mol. The van der Waals surface area contributed by atoms with Gasteiger partial charge < -0.3 is 10.6 Å². The second-order valence-electron chi connectivity index (χ2n) is 6.02. The molecule has 0 saturated carbocycles. The second kappa shape index (κ2) is 7.54. The summed E-state index contributed by atoms with van der Waals surface area (Å²) in [6.07, 6.45) is 0. The minimum Gasteiger partial charge on any atom is -0.324 e. The molecule has 0 aliphatic rings. The van der Waals surface area contributed by atoms with Crippen molar-refractivity contribution < 1.29 is 4.79 Å². The molecule has 0 bridgehead atoms. The Morgan fingerprint density at radius 1 is 0.962 bits per heavy atom. The van der Waals surface area contributed by atoms with E-state index in [1.807, 2.05) is 45.0 Å². The Hall–Kier alpha value is -2.92. The highest BCUT2D eigenvalue weighted by molar-refractivity contribution is 6.31. The molecule has 0 aliphatic heterocycles. The van der Waals surface area contributed by atoms with Crippen LogP contribution in [0.3, 0.4) is 0 Å². The van der Waals surface area contributed by atoms with Crippen LogP contribution in [0.1, 0.15) is 27.3 Å². The SMILES string of the molecule is Cc1cc(C(=O)Nc2cccc(Cl)c2C)nc(Nc2ccccc2C)n1. The van der Waals surface area contributed by atoms with Crippen molar-refractivity contribution in [3.8, 4) is 0 Å². The summed E-state index contributed by atoms with van der Waals surface area (Å²) >= 11 is 6.11. The molecule has 1 aromatic heterocycles. The highest BCUT2D eigenvalue weighted by Crippen LogP contribution is 2.24. The molecule has 132 valence electrons. The Labute approximate surface area is 157 Å². The largest absolute Gasteiger partial charge is 0.324 e. The molecule has 0 aliphatic carbocycles. The van der Waals surface area contributed by atoms with Gasteiger partial charge in [-0.25, -0.2) is 9.97 Å². The lowest BCUT2D eigenvalue weighted by Gasteiger charge is -2.12. The number of hydrogen-bond donors (Lipinski definition) is 2. The maximum absolute atomic E-state index is 12.6. The van der Waals surface area contributed by atoms with Crippen LogP contribution in [0.25, 0.3) is 0 Å². The smallest absolute Gasteiger partial charge is 0.274 e. The minimum absolute atomic E-state index is 0.285. The van der Waals surface area contributed by atoms with Crippen molar-refractivity contribution in [2.75, 3.05) is 10.6 Å². The molecule has 1 amide bonds. The monoisotopic (exact) mass is 366 g/mol. The van der Waals surface area contributed by atoms with E-state index >= 15 is 0 Å². The van der Waals surface area contributed by atoms with Gasteiger partial charge in [0.25, 0.3) is 5.91 Å². The molecule has 0 atom stereocenters. The Bertz CT molecular complexity index is 972. The van der Waals surface area contributed by atoms with Gasteiger partial charge in [0.2, 0.25) is 5.95 Å². The van der Waals surface area contributed by atoms with Gasteiger partial charge in [-0.3, -0.25) is 4.79 Å². The van der Waals surface area contributed by atoms with Gasteiger partial charge in [0.05, 0.1) is 0 Å². The summed E-state index contributed by atoms with van der Waals surface area (Å²) < 4.78 is 0. The number of hydrogen-bond acceptors (Lipinski definition) is 4. The van der Waals surface area contributed by atoms with Gasteiger partial charge in [-0.15, -0.1) is 0 Å². The number of nitrogens with zero attached hydrogens (tertiary/aromatic N) is 2. The summed E-state index contributed by atoms with van der Waals surface area (Å²) in [5.41, 5.74) is 4.42. The van der Waals surface area contributed by atoms with Crippen molar-refractivity contribution in [1.29, 1.82) is 0 Å². The molecular formula is C20H19ClN4O. The Morgan fingerprint density at radius 3 is 2.46 bits per heavy atom. The predicted molar refractivity (Wildman–Crippen MR) is 105 cm³/mol. The van der Waals surface area contributed by atoms with Gasteiger partial charge in [0.1, 0.15) is 5.69 Å². The second-order valence-corrected chi connectivity index (χ2v) is 6.43. The van der Waals surface area contributed by atoms with Crippen LogP contribution in [0.5, 0.6) is 0 Å². The summed E-state index contributed by atoms with van der Waals surface area (Å²) in [4.78, 5) is 21.3. The lowest BCUT2D eigenvalue weighted by molar-refractivity contribution is 0.102. The third kappa shape index (κ3) is 4.00. The normalized spacial score (nSPS) is 10.5. The number of aromatic nitrogens is 2. The van der Waals surface area contributed by atoms with Crippen molar-refractivity contribution in [3.63, 3.8) is 0 Å². The first-order chi connectivity index (χ1) is 12.4. The fraction of sp³-hybridized carbons (Fsp3) is 0.150. The number of benzene rings is 2. The predicted octanol–water partition coefficient (Wildman–Crippen LogP) is 5.05. The van der Waals surface area contributed by atoms with Crippen LogP contribution in [0.4, 0.5) is 17.3 Å². The van der Waals surface area contributed by atoms with Gasteiger partial charge >= 0.3 is 0 Å². The summed E-state index contributed by atoms with van der Waals surface area (Å²) in [7, 11) is 0. The molecule has 0 fully saturated rings. The summed E-state index contributed by atoms with van der Waals surface area (Å²) in [6, 6.07) is 14.9. The van der Waals surface area contributed by atoms with E-state index in [4.69, 9.17) is 11.6 Å². The zero-order valence-corrected chi connectivity index (χ0v) is 15.6. The summed E-state index contributed by atoms with van der Waals surface area (Å²) in [5, 5.41) is 6.63. The molecule has 2 aromatic carbocycles. The Balaban J connectivity index is 1.86. The molecule has 3 rings (SSSR count). The highest BCUT2D eigenvalue weighted by atomic mass is 35.5. The van der Waals surface area contributed by atoms with Crippen LogP contribution >= 0.6 is 11.6 Å². The highest BCUT2D eigenvalue weighted by Gasteiger charge is 2.13. The molecule has 1 heterocycles. The third-order valence-electron chi connectivity index (χ3n) is 3.99. The average Bonchev–Trinajstić information content (AvgIpc) is 2.60.